The maximum Gasteiger partial charge on any atom is 0.573 e. The fraction of sp³-hybridized carbons (Fsp3) is 0.111. The van der Waals surface area contributed by atoms with Crippen LogP contribution in [-0.2, 0) is 6.54 Å². The van der Waals surface area contributed by atoms with Gasteiger partial charge in [0.05, 0.1) is 5.52 Å². The van der Waals surface area contributed by atoms with Gasteiger partial charge in [0, 0.05) is 18.1 Å². The molecule has 0 fully saturated rings. The number of rotatable bonds is 4. The summed E-state index contributed by atoms with van der Waals surface area (Å²) in [5, 5.41) is 9.48. The Labute approximate surface area is 144 Å². The van der Waals surface area contributed by atoms with E-state index in [1.807, 2.05) is 0 Å². The molecule has 134 valence electrons. The molecule has 1 heterocycles. The zero-order chi connectivity index (χ0) is 18.9. The number of carboxylic acid groups (broad SMARTS) is 1. The minimum Gasteiger partial charge on any atom is -0.477 e. The Kier molecular flexibility index (Phi) is 4.41. The van der Waals surface area contributed by atoms with Gasteiger partial charge in [-0.25, -0.2) is 4.79 Å². The van der Waals surface area contributed by atoms with Crippen LogP contribution in [0, 0.1) is 0 Å². The number of para-hydroxylation sites is 1. The lowest BCUT2D eigenvalue weighted by molar-refractivity contribution is -0.274. The van der Waals surface area contributed by atoms with E-state index < -0.39 is 17.8 Å². The fourth-order valence-corrected chi connectivity index (χ4v) is 2.62. The third-order valence-electron chi connectivity index (χ3n) is 3.73. The van der Waals surface area contributed by atoms with Crippen molar-refractivity contribution in [1.29, 1.82) is 0 Å². The molecule has 5 nitrogen and oxygen atoms in total. The van der Waals surface area contributed by atoms with E-state index in [4.69, 9.17) is 0 Å². The second-order valence-electron chi connectivity index (χ2n) is 5.51. The van der Waals surface area contributed by atoms with Crippen LogP contribution in [0.1, 0.15) is 15.9 Å². The minimum absolute atomic E-state index is 0.174. The SMILES string of the molecule is O=C(O)c1cn(Cc2ccc(OC(F)(F)F)cc2)c2ccccc2c1=O. The number of hydrogen-bond donors (Lipinski definition) is 1. The molecule has 26 heavy (non-hydrogen) atoms. The van der Waals surface area contributed by atoms with Crippen molar-refractivity contribution in [1.82, 2.24) is 4.57 Å². The number of pyridine rings is 1. The molecule has 0 saturated carbocycles. The van der Waals surface area contributed by atoms with Crippen molar-refractivity contribution in [2.75, 3.05) is 0 Å². The Balaban J connectivity index is 2.00. The molecule has 0 atom stereocenters. The fourth-order valence-electron chi connectivity index (χ4n) is 2.62. The highest BCUT2D eigenvalue weighted by Gasteiger charge is 2.30. The Bertz CT molecular complexity index is 1020. The molecular weight excluding hydrogens is 351 g/mol. The first-order chi connectivity index (χ1) is 12.2. The topological polar surface area (TPSA) is 68.5 Å². The molecule has 0 saturated heterocycles. The second-order valence-corrected chi connectivity index (χ2v) is 5.51. The number of alkyl halides is 3. The largest absolute Gasteiger partial charge is 0.573 e. The highest BCUT2D eigenvalue weighted by molar-refractivity contribution is 5.92. The summed E-state index contributed by atoms with van der Waals surface area (Å²) in [4.78, 5) is 23.5. The van der Waals surface area contributed by atoms with Crippen LogP contribution >= 0.6 is 0 Å². The quantitative estimate of drug-likeness (QED) is 0.768. The summed E-state index contributed by atoms with van der Waals surface area (Å²) in [5.74, 6) is -1.69. The molecule has 0 amide bonds. The predicted molar refractivity (Wildman–Crippen MR) is 87.4 cm³/mol. The van der Waals surface area contributed by atoms with Gasteiger partial charge in [0.15, 0.2) is 0 Å². The smallest absolute Gasteiger partial charge is 0.477 e. The van der Waals surface area contributed by atoms with Crippen LogP contribution < -0.4 is 10.2 Å². The third kappa shape index (κ3) is 3.69. The first-order valence-electron chi connectivity index (χ1n) is 7.45. The summed E-state index contributed by atoms with van der Waals surface area (Å²) in [7, 11) is 0. The maximum absolute atomic E-state index is 12.2. The van der Waals surface area contributed by atoms with Gasteiger partial charge in [-0.3, -0.25) is 4.79 Å². The molecule has 0 unspecified atom stereocenters. The van der Waals surface area contributed by atoms with Crippen molar-refractivity contribution < 1.29 is 27.8 Å². The predicted octanol–water partition coefficient (Wildman–Crippen LogP) is 3.65. The summed E-state index contributed by atoms with van der Waals surface area (Å²) < 4.78 is 42.0. The van der Waals surface area contributed by atoms with Gasteiger partial charge in [0.25, 0.3) is 0 Å². The van der Waals surface area contributed by atoms with Crippen LogP contribution in [0.3, 0.4) is 0 Å². The number of aromatic nitrogens is 1. The standard InChI is InChI=1S/C18H12F3NO4/c19-18(20,21)26-12-7-5-11(6-8-12)9-22-10-14(17(24)25)16(23)13-3-1-2-4-15(13)22/h1-8,10H,9H2,(H,24,25). The molecule has 3 aromatic rings. The normalized spacial score (nSPS) is 11.5. The van der Waals surface area contributed by atoms with Crippen molar-refractivity contribution in [2.45, 2.75) is 12.9 Å². The summed E-state index contributed by atoms with van der Waals surface area (Å²) in [6.45, 7) is 0.174. The van der Waals surface area contributed by atoms with E-state index in [0.29, 0.717) is 11.1 Å². The number of ether oxygens (including phenoxy) is 1. The van der Waals surface area contributed by atoms with Crippen LogP contribution in [0.5, 0.6) is 5.75 Å². The number of benzene rings is 2. The Morgan fingerprint density at radius 3 is 2.35 bits per heavy atom. The van der Waals surface area contributed by atoms with Crippen molar-refractivity contribution in [3.63, 3.8) is 0 Å². The molecule has 1 N–H and O–H groups in total. The van der Waals surface area contributed by atoms with Gasteiger partial charge in [0.1, 0.15) is 11.3 Å². The average molecular weight is 363 g/mol. The van der Waals surface area contributed by atoms with Gasteiger partial charge in [0.2, 0.25) is 5.43 Å². The molecular formula is C18H12F3NO4. The van der Waals surface area contributed by atoms with Crippen molar-refractivity contribution in [2.24, 2.45) is 0 Å². The van der Waals surface area contributed by atoms with Crippen LogP contribution in [0.15, 0.2) is 59.5 Å². The number of hydrogen-bond acceptors (Lipinski definition) is 3. The van der Waals surface area contributed by atoms with Gasteiger partial charge in [-0.15, -0.1) is 13.2 Å². The number of nitrogens with zero attached hydrogens (tertiary/aromatic N) is 1. The molecule has 0 spiro atoms. The van der Waals surface area contributed by atoms with Crippen LogP contribution in [0.4, 0.5) is 13.2 Å². The molecule has 3 rings (SSSR count). The molecule has 0 radical (unpaired) electrons. The van der Waals surface area contributed by atoms with Crippen molar-refractivity contribution in [3.05, 3.63) is 76.1 Å². The Morgan fingerprint density at radius 1 is 1.08 bits per heavy atom. The highest BCUT2D eigenvalue weighted by atomic mass is 19.4. The molecule has 0 aliphatic heterocycles. The second kappa shape index (κ2) is 6.55. The number of carboxylic acids is 1. The van der Waals surface area contributed by atoms with Gasteiger partial charge in [-0.1, -0.05) is 24.3 Å². The highest BCUT2D eigenvalue weighted by Crippen LogP contribution is 2.23. The number of carbonyl (C=O) groups is 1. The zero-order valence-electron chi connectivity index (χ0n) is 13.2. The number of halogens is 3. The summed E-state index contributed by atoms with van der Waals surface area (Å²) in [5.41, 5.74) is 0.182. The van der Waals surface area contributed by atoms with E-state index in [9.17, 15) is 27.9 Å². The van der Waals surface area contributed by atoms with Crippen LogP contribution in [0.2, 0.25) is 0 Å². The first-order valence-corrected chi connectivity index (χ1v) is 7.45. The molecule has 0 bridgehead atoms. The van der Waals surface area contributed by atoms with Gasteiger partial charge in [-0.2, -0.15) is 0 Å². The lowest BCUT2D eigenvalue weighted by atomic mass is 10.1. The van der Waals surface area contributed by atoms with E-state index in [1.54, 1.807) is 22.8 Å². The summed E-state index contributed by atoms with van der Waals surface area (Å²) in [6, 6.07) is 11.8. The Hall–Kier alpha value is -3.29. The van der Waals surface area contributed by atoms with E-state index in [1.165, 1.54) is 36.5 Å². The average Bonchev–Trinajstić information content (AvgIpc) is 2.57. The summed E-state index contributed by atoms with van der Waals surface area (Å²) in [6.07, 6.45) is -3.54. The first kappa shape index (κ1) is 17.5. The van der Waals surface area contributed by atoms with Gasteiger partial charge >= 0.3 is 12.3 Å². The zero-order valence-corrected chi connectivity index (χ0v) is 13.2. The molecule has 0 aliphatic carbocycles. The molecule has 2 aromatic carbocycles. The Morgan fingerprint density at radius 2 is 1.73 bits per heavy atom. The van der Waals surface area contributed by atoms with Crippen LogP contribution in [-0.4, -0.2) is 22.0 Å². The van der Waals surface area contributed by atoms with Crippen molar-refractivity contribution in [3.8, 4) is 5.75 Å². The third-order valence-corrected chi connectivity index (χ3v) is 3.73. The minimum atomic E-state index is -4.77. The van der Waals surface area contributed by atoms with E-state index in [2.05, 4.69) is 4.74 Å². The van der Waals surface area contributed by atoms with E-state index in [0.717, 1.165) is 0 Å². The molecule has 8 heteroatoms. The maximum atomic E-state index is 12.2. The molecule has 0 aliphatic rings. The molecule has 1 aromatic heterocycles. The number of fused-ring (bicyclic) bond motifs is 1. The van der Waals surface area contributed by atoms with Gasteiger partial charge in [-0.05, 0) is 29.8 Å². The number of aromatic carboxylic acids is 1. The summed E-state index contributed by atoms with van der Waals surface area (Å²) >= 11 is 0. The van der Waals surface area contributed by atoms with Crippen LogP contribution in [0.25, 0.3) is 10.9 Å². The monoisotopic (exact) mass is 363 g/mol. The lowest BCUT2D eigenvalue weighted by Gasteiger charge is -2.13. The lowest BCUT2D eigenvalue weighted by Crippen LogP contribution is -2.19. The van der Waals surface area contributed by atoms with Crippen molar-refractivity contribution >= 4 is 16.9 Å². The van der Waals surface area contributed by atoms with E-state index >= 15 is 0 Å². The van der Waals surface area contributed by atoms with Gasteiger partial charge < -0.3 is 14.4 Å². The van der Waals surface area contributed by atoms with E-state index in [-0.39, 0.29) is 23.2 Å².